The molecule has 2 aromatic rings. The maximum Gasteiger partial charge on any atom is 0.262 e. The van der Waals surface area contributed by atoms with Crippen LogP contribution < -0.4 is 15.4 Å². The van der Waals surface area contributed by atoms with Crippen molar-refractivity contribution in [3.8, 4) is 5.75 Å². The topological polar surface area (TPSA) is 55.6 Å². The molecule has 0 saturated carbocycles. The number of amides is 1. The van der Waals surface area contributed by atoms with Crippen molar-refractivity contribution >= 4 is 17.3 Å². The molecule has 1 aliphatic rings. The molecule has 0 unspecified atom stereocenters. The minimum atomic E-state index is -0.0636. The van der Waals surface area contributed by atoms with Crippen LogP contribution in [0.3, 0.4) is 0 Å². The van der Waals surface area contributed by atoms with Crippen LogP contribution >= 0.6 is 0 Å². The number of carbonyl (C=O) groups is 1. The maximum absolute atomic E-state index is 12.9. The third-order valence-electron chi connectivity index (χ3n) is 3.81. The van der Waals surface area contributed by atoms with Crippen molar-refractivity contribution in [2.45, 2.75) is 12.8 Å². The van der Waals surface area contributed by atoms with Crippen molar-refractivity contribution in [2.24, 2.45) is 0 Å². The largest absolute Gasteiger partial charge is 0.496 e. The summed E-state index contributed by atoms with van der Waals surface area (Å²) in [5.41, 5.74) is 9.08. The number of methoxy groups -OCH3 is 1. The lowest BCUT2D eigenvalue weighted by atomic mass is 10.0. The van der Waals surface area contributed by atoms with Gasteiger partial charge in [-0.3, -0.25) is 4.79 Å². The van der Waals surface area contributed by atoms with Crippen LogP contribution in [0.25, 0.3) is 0 Å². The first-order valence-electron chi connectivity index (χ1n) is 7.04. The van der Waals surface area contributed by atoms with E-state index in [1.54, 1.807) is 25.3 Å². The fourth-order valence-electron chi connectivity index (χ4n) is 2.78. The minimum absolute atomic E-state index is 0.0636. The zero-order chi connectivity index (χ0) is 14.8. The Bertz CT molecular complexity index is 682. The van der Waals surface area contributed by atoms with Crippen molar-refractivity contribution in [3.63, 3.8) is 0 Å². The van der Waals surface area contributed by atoms with Crippen LogP contribution in [0, 0.1) is 0 Å². The van der Waals surface area contributed by atoms with Gasteiger partial charge in [-0.1, -0.05) is 18.2 Å². The van der Waals surface area contributed by atoms with Gasteiger partial charge in [-0.05, 0) is 42.7 Å². The first-order valence-corrected chi connectivity index (χ1v) is 7.04. The number of ether oxygens (including phenoxy) is 1. The number of anilines is 2. The number of rotatable bonds is 2. The Hall–Kier alpha value is -2.49. The van der Waals surface area contributed by atoms with Gasteiger partial charge in [0, 0.05) is 17.9 Å². The lowest BCUT2D eigenvalue weighted by molar-refractivity contribution is 0.0982. The smallest absolute Gasteiger partial charge is 0.262 e. The molecule has 0 aliphatic carbocycles. The summed E-state index contributed by atoms with van der Waals surface area (Å²) in [7, 11) is 1.56. The van der Waals surface area contributed by atoms with E-state index in [9.17, 15) is 4.79 Å². The number of nitrogen functional groups attached to an aromatic ring is 1. The van der Waals surface area contributed by atoms with Gasteiger partial charge in [0.2, 0.25) is 0 Å². The van der Waals surface area contributed by atoms with Crippen LogP contribution in [0.2, 0.25) is 0 Å². The molecule has 0 bridgehead atoms. The van der Waals surface area contributed by atoms with Gasteiger partial charge in [-0.15, -0.1) is 0 Å². The van der Waals surface area contributed by atoms with Crippen LogP contribution in [-0.2, 0) is 6.42 Å². The number of carbonyl (C=O) groups excluding carboxylic acids is 1. The number of fused-ring (bicyclic) bond motifs is 1. The summed E-state index contributed by atoms with van der Waals surface area (Å²) < 4.78 is 5.30. The van der Waals surface area contributed by atoms with Crippen molar-refractivity contribution in [1.29, 1.82) is 0 Å². The Morgan fingerprint density at radius 2 is 2.05 bits per heavy atom. The molecule has 0 radical (unpaired) electrons. The SMILES string of the molecule is COc1ccc(N)cc1C(=O)N1CCCc2ccccc21. The van der Waals surface area contributed by atoms with E-state index in [2.05, 4.69) is 6.07 Å². The van der Waals surface area contributed by atoms with Crippen LogP contribution in [0.15, 0.2) is 42.5 Å². The highest BCUT2D eigenvalue weighted by Crippen LogP contribution is 2.30. The first kappa shape index (κ1) is 13.5. The standard InChI is InChI=1S/C17H18N2O2/c1-21-16-9-8-13(18)11-14(16)17(20)19-10-4-6-12-5-2-3-7-15(12)19/h2-3,5,7-9,11H,4,6,10,18H2,1H3. The monoisotopic (exact) mass is 282 g/mol. The molecule has 4 nitrogen and oxygen atoms in total. The second-order valence-corrected chi connectivity index (χ2v) is 5.15. The highest BCUT2D eigenvalue weighted by Gasteiger charge is 2.25. The second kappa shape index (κ2) is 5.48. The van der Waals surface area contributed by atoms with Gasteiger partial charge >= 0.3 is 0 Å². The van der Waals surface area contributed by atoms with Crippen molar-refractivity contribution in [1.82, 2.24) is 0 Å². The zero-order valence-corrected chi connectivity index (χ0v) is 12.0. The number of hydrogen-bond acceptors (Lipinski definition) is 3. The lowest BCUT2D eigenvalue weighted by Crippen LogP contribution is -2.35. The fraction of sp³-hybridized carbons (Fsp3) is 0.235. The molecule has 0 aromatic heterocycles. The van der Waals surface area contributed by atoms with Gasteiger partial charge in [-0.25, -0.2) is 0 Å². The quantitative estimate of drug-likeness (QED) is 0.862. The average molecular weight is 282 g/mol. The third-order valence-corrected chi connectivity index (χ3v) is 3.81. The molecule has 0 saturated heterocycles. The van der Waals surface area contributed by atoms with E-state index in [1.165, 1.54) is 5.56 Å². The fourth-order valence-corrected chi connectivity index (χ4v) is 2.78. The summed E-state index contributed by atoms with van der Waals surface area (Å²) in [6, 6.07) is 13.2. The minimum Gasteiger partial charge on any atom is -0.496 e. The lowest BCUT2D eigenvalue weighted by Gasteiger charge is -2.30. The zero-order valence-electron chi connectivity index (χ0n) is 12.0. The van der Waals surface area contributed by atoms with E-state index >= 15 is 0 Å². The molecule has 2 aromatic carbocycles. The summed E-state index contributed by atoms with van der Waals surface area (Å²) in [5.74, 6) is 0.489. The van der Waals surface area contributed by atoms with Crippen LogP contribution in [0.5, 0.6) is 5.75 Å². The van der Waals surface area contributed by atoms with E-state index in [0.29, 0.717) is 23.5 Å². The van der Waals surface area contributed by atoms with Crippen LogP contribution in [-0.4, -0.2) is 19.6 Å². The molecule has 0 atom stereocenters. The molecule has 4 heteroatoms. The molecule has 3 rings (SSSR count). The van der Waals surface area contributed by atoms with Crippen molar-refractivity contribution < 1.29 is 9.53 Å². The van der Waals surface area contributed by atoms with E-state index in [1.807, 2.05) is 23.1 Å². The highest BCUT2D eigenvalue weighted by molar-refractivity contribution is 6.09. The second-order valence-electron chi connectivity index (χ2n) is 5.15. The molecule has 108 valence electrons. The summed E-state index contributed by atoms with van der Waals surface area (Å²) in [5, 5.41) is 0. The molecular weight excluding hydrogens is 264 g/mol. The molecule has 1 amide bonds. The molecule has 1 aliphatic heterocycles. The summed E-state index contributed by atoms with van der Waals surface area (Å²) >= 11 is 0. The normalized spacial score (nSPS) is 13.7. The van der Waals surface area contributed by atoms with Gasteiger partial charge in [0.15, 0.2) is 0 Å². The average Bonchev–Trinajstić information content (AvgIpc) is 2.53. The Labute approximate surface area is 124 Å². The number of benzene rings is 2. The number of nitrogens with two attached hydrogens (primary N) is 1. The van der Waals surface area contributed by atoms with E-state index in [-0.39, 0.29) is 5.91 Å². The summed E-state index contributed by atoms with van der Waals surface area (Å²) in [6.07, 6.45) is 1.97. The number of nitrogens with zero attached hydrogens (tertiary/aromatic N) is 1. The molecule has 1 heterocycles. The maximum atomic E-state index is 12.9. The van der Waals surface area contributed by atoms with E-state index in [0.717, 1.165) is 18.5 Å². The Morgan fingerprint density at radius 3 is 2.86 bits per heavy atom. The number of para-hydroxylation sites is 1. The van der Waals surface area contributed by atoms with Crippen molar-refractivity contribution in [3.05, 3.63) is 53.6 Å². The molecule has 0 fully saturated rings. The molecular formula is C17H18N2O2. The van der Waals surface area contributed by atoms with E-state index in [4.69, 9.17) is 10.5 Å². The molecule has 2 N–H and O–H groups in total. The van der Waals surface area contributed by atoms with Crippen LogP contribution in [0.4, 0.5) is 11.4 Å². The van der Waals surface area contributed by atoms with Gasteiger partial charge in [0.1, 0.15) is 5.75 Å². The Balaban J connectivity index is 2.02. The van der Waals surface area contributed by atoms with Gasteiger partial charge in [0.05, 0.1) is 12.7 Å². The van der Waals surface area contributed by atoms with E-state index < -0.39 is 0 Å². The number of hydrogen-bond donors (Lipinski definition) is 1. The first-order chi connectivity index (χ1) is 10.2. The Kier molecular flexibility index (Phi) is 3.52. The van der Waals surface area contributed by atoms with Gasteiger partial charge in [-0.2, -0.15) is 0 Å². The molecule has 0 spiro atoms. The van der Waals surface area contributed by atoms with Gasteiger partial charge in [0.25, 0.3) is 5.91 Å². The predicted molar refractivity (Wildman–Crippen MR) is 83.8 cm³/mol. The van der Waals surface area contributed by atoms with Crippen molar-refractivity contribution in [2.75, 3.05) is 24.3 Å². The molecule has 21 heavy (non-hydrogen) atoms. The summed E-state index contributed by atoms with van der Waals surface area (Å²) in [4.78, 5) is 14.7. The third kappa shape index (κ3) is 2.44. The van der Waals surface area contributed by atoms with Crippen LogP contribution in [0.1, 0.15) is 22.3 Å². The summed E-state index contributed by atoms with van der Waals surface area (Å²) in [6.45, 7) is 0.716. The Morgan fingerprint density at radius 1 is 1.24 bits per heavy atom. The number of aryl methyl sites for hydroxylation is 1. The predicted octanol–water partition coefficient (Wildman–Crippen LogP) is 2.87. The highest BCUT2D eigenvalue weighted by atomic mass is 16.5. The van der Waals surface area contributed by atoms with Gasteiger partial charge < -0.3 is 15.4 Å².